The Morgan fingerprint density at radius 2 is 2.20 bits per heavy atom. The zero-order chi connectivity index (χ0) is 14.4. The number of benzene rings is 1. The van der Waals surface area contributed by atoms with Gasteiger partial charge in [-0.1, -0.05) is 30.3 Å². The summed E-state index contributed by atoms with van der Waals surface area (Å²) in [5, 5.41) is 13.4. The molecule has 3 unspecified atom stereocenters. The van der Waals surface area contributed by atoms with Crippen LogP contribution in [0.15, 0.2) is 30.3 Å². The molecular weight excluding hydrogens is 268 g/mol. The highest BCUT2D eigenvalue weighted by Gasteiger charge is 2.31. The molecule has 0 saturated carbocycles. The molecule has 0 bridgehead atoms. The normalized spacial score (nSPS) is 25.1. The topological polar surface area (TPSA) is 45.0 Å². The molecular formula is C16H22N2OS. The van der Waals surface area contributed by atoms with Crippen molar-refractivity contribution in [1.29, 1.82) is 5.26 Å². The first-order valence-electron chi connectivity index (χ1n) is 7.11. The van der Waals surface area contributed by atoms with Gasteiger partial charge in [-0.15, -0.1) is 0 Å². The Hall–Kier alpha value is -1.02. The Morgan fingerprint density at radius 1 is 1.45 bits per heavy atom. The van der Waals surface area contributed by atoms with E-state index in [0.717, 1.165) is 30.8 Å². The summed E-state index contributed by atoms with van der Waals surface area (Å²) in [5.74, 6) is 0.960. The van der Waals surface area contributed by atoms with Crippen LogP contribution < -0.4 is 5.32 Å². The van der Waals surface area contributed by atoms with E-state index >= 15 is 0 Å². The van der Waals surface area contributed by atoms with Gasteiger partial charge in [0.05, 0.1) is 12.2 Å². The lowest BCUT2D eigenvalue weighted by Crippen LogP contribution is -2.39. The molecule has 4 heteroatoms. The summed E-state index contributed by atoms with van der Waals surface area (Å²) in [7, 11) is 1.86. The molecule has 3 atom stereocenters. The van der Waals surface area contributed by atoms with E-state index in [-0.39, 0.29) is 0 Å². The van der Waals surface area contributed by atoms with Gasteiger partial charge in [0.15, 0.2) is 0 Å². The van der Waals surface area contributed by atoms with Crippen molar-refractivity contribution < 1.29 is 4.74 Å². The Kier molecular flexibility index (Phi) is 5.47. The maximum atomic E-state index is 9.63. The van der Waals surface area contributed by atoms with Crippen LogP contribution >= 0.6 is 11.8 Å². The first-order valence-corrected chi connectivity index (χ1v) is 8.15. The summed E-state index contributed by atoms with van der Waals surface area (Å²) >= 11 is 1.93. The molecule has 108 valence electrons. The summed E-state index contributed by atoms with van der Waals surface area (Å²) in [6.07, 6.45) is 2.26. The third kappa shape index (κ3) is 3.35. The van der Waals surface area contributed by atoms with Crippen molar-refractivity contribution in [1.82, 2.24) is 5.32 Å². The summed E-state index contributed by atoms with van der Waals surface area (Å²) in [6.45, 7) is 3.00. The van der Waals surface area contributed by atoms with Crippen molar-refractivity contribution in [3.8, 4) is 6.07 Å². The first-order chi connectivity index (χ1) is 9.72. The summed E-state index contributed by atoms with van der Waals surface area (Å²) in [4.78, 5) is 0. The minimum Gasteiger partial charge on any atom is -0.377 e. The third-order valence-electron chi connectivity index (χ3n) is 4.00. The van der Waals surface area contributed by atoms with Crippen LogP contribution in [0.2, 0.25) is 0 Å². The molecule has 1 fully saturated rings. The maximum Gasteiger partial charge on any atom is 0.132 e. The van der Waals surface area contributed by atoms with Gasteiger partial charge in [0.25, 0.3) is 0 Å². The van der Waals surface area contributed by atoms with Gasteiger partial charge in [0, 0.05) is 11.9 Å². The lowest BCUT2D eigenvalue weighted by molar-refractivity contribution is 0.127. The lowest BCUT2D eigenvalue weighted by atomic mass is 9.89. The highest BCUT2D eigenvalue weighted by Crippen LogP contribution is 2.31. The number of nitrogens with one attached hydrogen (secondary N) is 1. The van der Waals surface area contributed by atoms with Crippen molar-refractivity contribution in [2.75, 3.05) is 19.4 Å². The molecule has 20 heavy (non-hydrogen) atoms. The van der Waals surface area contributed by atoms with E-state index in [0.29, 0.717) is 11.4 Å². The molecule has 0 radical (unpaired) electrons. The second-order valence-corrected chi connectivity index (χ2v) is 6.50. The van der Waals surface area contributed by atoms with Gasteiger partial charge in [-0.2, -0.15) is 17.0 Å². The molecule has 1 aromatic rings. The van der Waals surface area contributed by atoms with E-state index in [1.165, 1.54) is 0 Å². The lowest BCUT2D eigenvalue weighted by Gasteiger charge is -2.27. The monoisotopic (exact) mass is 290 g/mol. The molecule has 1 aromatic carbocycles. The van der Waals surface area contributed by atoms with E-state index < -0.39 is 5.54 Å². The molecule has 0 aliphatic carbocycles. The first kappa shape index (κ1) is 15.4. The minimum absolute atomic E-state index is 0.336. The Morgan fingerprint density at radius 3 is 2.75 bits per heavy atom. The molecule has 0 spiro atoms. The molecule has 1 heterocycles. The fourth-order valence-electron chi connectivity index (χ4n) is 2.61. The van der Waals surface area contributed by atoms with E-state index in [2.05, 4.69) is 18.3 Å². The molecule has 0 amide bonds. The van der Waals surface area contributed by atoms with Crippen LogP contribution in [0.25, 0.3) is 0 Å². The smallest absolute Gasteiger partial charge is 0.132 e. The SMILES string of the molecule is CNC(C#N)(CCSC1CCOC1C)c1ccccc1. The average molecular weight is 290 g/mol. The zero-order valence-corrected chi connectivity index (χ0v) is 13.0. The van der Waals surface area contributed by atoms with Gasteiger partial charge < -0.3 is 4.74 Å². The van der Waals surface area contributed by atoms with Crippen LogP contribution in [-0.4, -0.2) is 30.8 Å². The predicted molar refractivity (Wildman–Crippen MR) is 83.7 cm³/mol. The maximum absolute atomic E-state index is 9.63. The Labute approximate surface area is 125 Å². The Bertz CT molecular complexity index is 459. The number of nitriles is 1. The molecule has 2 rings (SSSR count). The number of hydrogen-bond acceptors (Lipinski definition) is 4. The number of thioether (sulfide) groups is 1. The van der Waals surface area contributed by atoms with Crippen LogP contribution in [0, 0.1) is 11.3 Å². The third-order valence-corrected chi connectivity index (χ3v) is 5.49. The van der Waals surface area contributed by atoms with Crippen molar-refractivity contribution >= 4 is 11.8 Å². The van der Waals surface area contributed by atoms with E-state index in [1.807, 2.05) is 49.1 Å². The van der Waals surface area contributed by atoms with E-state index in [1.54, 1.807) is 0 Å². The van der Waals surface area contributed by atoms with Crippen LogP contribution in [0.3, 0.4) is 0 Å². The van der Waals surface area contributed by atoms with Crippen molar-refractivity contribution in [2.45, 2.75) is 36.7 Å². The second-order valence-electron chi connectivity index (χ2n) is 5.16. The fraction of sp³-hybridized carbons (Fsp3) is 0.562. The van der Waals surface area contributed by atoms with Gasteiger partial charge >= 0.3 is 0 Å². The van der Waals surface area contributed by atoms with Crippen LogP contribution in [0.1, 0.15) is 25.3 Å². The number of nitrogens with zero attached hydrogens (tertiary/aromatic N) is 1. The summed E-state index contributed by atoms with van der Waals surface area (Å²) in [6, 6.07) is 12.5. The highest BCUT2D eigenvalue weighted by atomic mass is 32.2. The Balaban J connectivity index is 1.98. The van der Waals surface area contributed by atoms with E-state index in [9.17, 15) is 5.26 Å². The van der Waals surface area contributed by atoms with E-state index in [4.69, 9.17) is 4.74 Å². The summed E-state index contributed by atoms with van der Waals surface area (Å²) in [5.41, 5.74) is 0.457. The largest absolute Gasteiger partial charge is 0.377 e. The highest BCUT2D eigenvalue weighted by molar-refractivity contribution is 7.99. The zero-order valence-electron chi connectivity index (χ0n) is 12.1. The average Bonchev–Trinajstić information content (AvgIpc) is 2.90. The molecule has 0 aromatic heterocycles. The standard InChI is InChI=1S/C16H22N2OS/c1-13-15(8-10-19-13)20-11-9-16(12-17,18-2)14-6-4-3-5-7-14/h3-7,13,15,18H,8-11H2,1-2H3. The van der Waals surface area contributed by atoms with Crippen molar-refractivity contribution in [3.63, 3.8) is 0 Å². The molecule has 1 N–H and O–H groups in total. The van der Waals surface area contributed by atoms with Crippen molar-refractivity contribution in [3.05, 3.63) is 35.9 Å². The predicted octanol–water partition coefficient (Wildman–Crippen LogP) is 2.93. The van der Waals surface area contributed by atoms with Crippen LogP contribution in [0.4, 0.5) is 0 Å². The van der Waals surface area contributed by atoms with Gasteiger partial charge in [-0.05, 0) is 38.1 Å². The van der Waals surface area contributed by atoms with Gasteiger partial charge in [0.2, 0.25) is 0 Å². The van der Waals surface area contributed by atoms with Gasteiger partial charge in [0.1, 0.15) is 5.54 Å². The molecule has 1 aliphatic rings. The minimum atomic E-state index is -0.586. The van der Waals surface area contributed by atoms with Crippen LogP contribution in [-0.2, 0) is 10.3 Å². The van der Waals surface area contributed by atoms with Crippen molar-refractivity contribution in [2.24, 2.45) is 0 Å². The number of rotatable bonds is 6. The molecule has 3 nitrogen and oxygen atoms in total. The van der Waals surface area contributed by atoms with Gasteiger partial charge in [-0.3, -0.25) is 5.32 Å². The fourth-order valence-corrected chi connectivity index (χ4v) is 3.95. The summed E-state index contributed by atoms with van der Waals surface area (Å²) < 4.78 is 5.58. The molecule has 1 aliphatic heterocycles. The quantitative estimate of drug-likeness (QED) is 0.875. The number of hydrogen-bond donors (Lipinski definition) is 1. The van der Waals surface area contributed by atoms with Gasteiger partial charge in [-0.25, -0.2) is 0 Å². The second kappa shape index (κ2) is 7.12. The van der Waals surface area contributed by atoms with Crippen LogP contribution in [0.5, 0.6) is 0 Å². The molecule has 1 saturated heterocycles. The number of ether oxygens (including phenoxy) is 1.